The first-order chi connectivity index (χ1) is 8.36. The van der Waals surface area contributed by atoms with E-state index in [9.17, 15) is 0 Å². The van der Waals surface area contributed by atoms with Gasteiger partial charge in [-0.1, -0.05) is 67.6 Å². The molecule has 2 N–H and O–H groups in total. The minimum absolute atomic E-state index is 0.750. The van der Waals surface area contributed by atoms with Crippen molar-refractivity contribution in [1.29, 1.82) is 0 Å². The van der Waals surface area contributed by atoms with E-state index in [1.807, 2.05) is 6.92 Å². The molecule has 0 amide bonds. The summed E-state index contributed by atoms with van der Waals surface area (Å²) < 4.78 is 0. The molecular weight excluding hydrogens is 206 g/mol. The summed E-state index contributed by atoms with van der Waals surface area (Å²) in [6, 6.07) is 21.2. The molecule has 0 aliphatic heterocycles. The number of hydrogen-bond acceptors (Lipinski definition) is 1. The Morgan fingerprint density at radius 3 is 1.29 bits per heavy atom. The maximum atomic E-state index is 4.85. The van der Waals surface area contributed by atoms with E-state index < -0.39 is 0 Å². The van der Waals surface area contributed by atoms with Crippen molar-refractivity contribution in [2.24, 2.45) is 5.73 Å². The Morgan fingerprint density at radius 1 is 0.706 bits per heavy atom. The molecule has 0 aliphatic rings. The molecular formula is C16H21N. The Hall–Kier alpha value is -1.60. The first-order valence-electron chi connectivity index (χ1n) is 6.14. The van der Waals surface area contributed by atoms with Crippen molar-refractivity contribution in [3.8, 4) is 0 Å². The van der Waals surface area contributed by atoms with Gasteiger partial charge in [0.05, 0.1) is 0 Å². The van der Waals surface area contributed by atoms with Crippen LogP contribution in [0.2, 0.25) is 0 Å². The molecule has 0 saturated carbocycles. The van der Waals surface area contributed by atoms with Gasteiger partial charge in [-0.25, -0.2) is 0 Å². The fourth-order valence-corrected chi connectivity index (χ4v) is 1.58. The smallest absolute Gasteiger partial charge is 0.0106 e. The lowest BCUT2D eigenvalue weighted by atomic mass is 10.0. The van der Waals surface area contributed by atoms with Crippen LogP contribution in [0.5, 0.6) is 0 Å². The lowest BCUT2D eigenvalue weighted by molar-refractivity contribution is 0.960. The maximum Gasteiger partial charge on any atom is -0.0106 e. The average Bonchev–Trinajstić information content (AvgIpc) is 2.40. The number of rotatable bonds is 3. The molecule has 0 fully saturated rings. The lowest BCUT2D eigenvalue weighted by Crippen LogP contribution is -1.89. The molecule has 2 aromatic carbocycles. The Labute approximate surface area is 104 Å². The second kappa shape index (κ2) is 8.54. The van der Waals surface area contributed by atoms with Gasteiger partial charge in [-0.2, -0.15) is 0 Å². The molecule has 2 rings (SSSR count). The quantitative estimate of drug-likeness (QED) is 0.854. The van der Waals surface area contributed by atoms with E-state index in [2.05, 4.69) is 60.7 Å². The standard InChI is InChI=1S/C14H14.C2H7N/c1-3-7-13(8-4-1)11-12-14-9-5-2-6-10-14;1-2-3/h1-10H,11-12H2;2-3H2,1H3. The minimum atomic E-state index is 0.750. The zero-order chi connectivity index (χ0) is 12.3. The molecule has 0 atom stereocenters. The third kappa shape index (κ3) is 5.88. The predicted octanol–water partition coefficient (Wildman–Crippen LogP) is 3.44. The van der Waals surface area contributed by atoms with E-state index >= 15 is 0 Å². The van der Waals surface area contributed by atoms with Crippen LogP contribution in [0.3, 0.4) is 0 Å². The van der Waals surface area contributed by atoms with E-state index in [-0.39, 0.29) is 0 Å². The topological polar surface area (TPSA) is 26.0 Å². The summed E-state index contributed by atoms with van der Waals surface area (Å²) in [5.74, 6) is 0. The first-order valence-corrected chi connectivity index (χ1v) is 6.14. The Bertz CT molecular complexity index is 341. The van der Waals surface area contributed by atoms with Crippen LogP contribution in [0.4, 0.5) is 0 Å². The van der Waals surface area contributed by atoms with Gasteiger partial charge in [-0.3, -0.25) is 0 Å². The van der Waals surface area contributed by atoms with E-state index in [0.717, 1.165) is 19.4 Å². The van der Waals surface area contributed by atoms with Gasteiger partial charge in [-0.15, -0.1) is 0 Å². The molecule has 0 radical (unpaired) electrons. The van der Waals surface area contributed by atoms with E-state index in [1.54, 1.807) is 0 Å². The number of aryl methyl sites for hydroxylation is 2. The van der Waals surface area contributed by atoms with Gasteiger partial charge in [0.15, 0.2) is 0 Å². The van der Waals surface area contributed by atoms with Crippen molar-refractivity contribution in [3.63, 3.8) is 0 Å². The molecule has 0 aromatic heterocycles. The van der Waals surface area contributed by atoms with Crippen molar-refractivity contribution < 1.29 is 0 Å². The number of nitrogens with two attached hydrogens (primary N) is 1. The molecule has 90 valence electrons. The van der Waals surface area contributed by atoms with Crippen molar-refractivity contribution in [1.82, 2.24) is 0 Å². The molecule has 1 heteroatoms. The summed E-state index contributed by atoms with van der Waals surface area (Å²) in [6.07, 6.45) is 2.26. The highest BCUT2D eigenvalue weighted by atomic mass is 14.5. The Kier molecular flexibility index (Phi) is 6.76. The average molecular weight is 227 g/mol. The molecule has 0 unspecified atom stereocenters. The third-order valence-corrected chi connectivity index (χ3v) is 2.39. The summed E-state index contributed by atoms with van der Waals surface area (Å²) in [7, 11) is 0. The zero-order valence-corrected chi connectivity index (χ0v) is 10.5. The second-order valence-corrected chi connectivity index (χ2v) is 3.88. The van der Waals surface area contributed by atoms with Crippen molar-refractivity contribution in [2.75, 3.05) is 6.54 Å². The normalized spacial score (nSPS) is 9.29. The summed E-state index contributed by atoms with van der Waals surface area (Å²) in [5, 5.41) is 0. The van der Waals surface area contributed by atoms with Gasteiger partial charge in [0, 0.05) is 0 Å². The predicted molar refractivity (Wildman–Crippen MR) is 75.0 cm³/mol. The van der Waals surface area contributed by atoms with Crippen molar-refractivity contribution in [3.05, 3.63) is 71.8 Å². The molecule has 17 heavy (non-hydrogen) atoms. The summed E-state index contributed by atoms with van der Waals surface area (Å²) in [4.78, 5) is 0. The van der Waals surface area contributed by atoms with Crippen LogP contribution in [0.1, 0.15) is 18.1 Å². The van der Waals surface area contributed by atoms with Crippen LogP contribution in [-0.2, 0) is 12.8 Å². The van der Waals surface area contributed by atoms with Crippen LogP contribution in [0.15, 0.2) is 60.7 Å². The van der Waals surface area contributed by atoms with Crippen LogP contribution < -0.4 is 5.73 Å². The monoisotopic (exact) mass is 227 g/mol. The Balaban J connectivity index is 0.000000437. The van der Waals surface area contributed by atoms with Crippen LogP contribution in [0, 0.1) is 0 Å². The lowest BCUT2D eigenvalue weighted by Gasteiger charge is -2.01. The van der Waals surface area contributed by atoms with Crippen LogP contribution in [0.25, 0.3) is 0 Å². The molecule has 0 heterocycles. The van der Waals surface area contributed by atoms with Gasteiger partial charge in [-0.05, 0) is 30.5 Å². The molecule has 2 aromatic rings. The van der Waals surface area contributed by atoms with Gasteiger partial charge in [0.25, 0.3) is 0 Å². The van der Waals surface area contributed by atoms with Crippen molar-refractivity contribution >= 4 is 0 Å². The highest BCUT2D eigenvalue weighted by Gasteiger charge is 1.93. The van der Waals surface area contributed by atoms with E-state index in [1.165, 1.54) is 11.1 Å². The highest BCUT2D eigenvalue weighted by Crippen LogP contribution is 2.06. The fourth-order valence-electron chi connectivity index (χ4n) is 1.58. The van der Waals surface area contributed by atoms with Crippen LogP contribution >= 0.6 is 0 Å². The third-order valence-electron chi connectivity index (χ3n) is 2.39. The molecule has 0 aliphatic carbocycles. The highest BCUT2D eigenvalue weighted by molar-refractivity contribution is 5.19. The fraction of sp³-hybridized carbons (Fsp3) is 0.250. The number of hydrogen-bond donors (Lipinski definition) is 1. The summed E-state index contributed by atoms with van der Waals surface area (Å²) >= 11 is 0. The second-order valence-electron chi connectivity index (χ2n) is 3.88. The molecule has 0 bridgehead atoms. The van der Waals surface area contributed by atoms with Gasteiger partial charge in [0.2, 0.25) is 0 Å². The summed E-state index contributed by atoms with van der Waals surface area (Å²) in [6.45, 7) is 2.65. The van der Waals surface area contributed by atoms with E-state index in [0.29, 0.717) is 0 Å². The van der Waals surface area contributed by atoms with Crippen molar-refractivity contribution in [2.45, 2.75) is 19.8 Å². The van der Waals surface area contributed by atoms with Gasteiger partial charge < -0.3 is 5.73 Å². The van der Waals surface area contributed by atoms with E-state index in [4.69, 9.17) is 5.73 Å². The minimum Gasteiger partial charge on any atom is -0.331 e. The summed E-state index contributed by atoms with van der Waals surface area (Å²) in [5.41, 5.74) is 7.67. The first kappa shape index (κ1) is 13.5. The zero-order valence-electron chi connectivity index (χ0n) is 10.5. The maximum absolute atomic E-state index is 4.85. The van der Waals surface area contributed by atoms with Gasteiger partial charge >= 0.3 is 0 Å². The molecule has 0 saturated heterocycles. The molecule has 0 spiro atoms. The number of benzene rings is 2. The Morgan fingerprint density at radius 2 is 1.00 bits per heavy atom. The molecule has 1 nitrogen and oxygen atoms in total. The van der Waals surface area contributed by atoms with Gasteiger partial charge in [0.1, 0.15) is 0 Å². The SMILES string of the molecule is CCN.c1ccc(CCc2ccccc2)cc1. The van der Waals surface area contributed by atoms with Crippen LogP contribution in [-0.4, -0.2) is 6.54 Å². The largest absolute Gasteiger partial charge is 0.331 e.